The Morgan fingerprint density at radius 2 is 2.04 bits per heavy atom. The first-order valence-electron chi connectivity index (χ1n) is 7.98. The maximum atomic E-state index is 13.0. The number of aryl methyl sites for hydroxylation is 1. The molecular formula is C18H18ClN3O3. The van der Waals surface area contributed by atoms with E-state index in [1.54, 1.807) is 31.3 Å². The van der Waals surface area contributed by atoms with Crippen molar-refractivity contribution in [2.75, 3.05) is 6.61 Å². The SMILES string of the molecule is CCCOc1ccnc2c1c(=O)n(Cc1cccc(Cl)c1)c(=O)n2C. The minimum atomic E-state index is -0.433. The summed E-state index contributed by atoms with van der Waals surface area (Å²) in [5.74, 6) is 0.437. The van der Waals surface area contributed by atoms with Gasteiger partial charge in [-0.05, 0) is 30.2 Å². The summed E-state index contributed by atoms with van der Waals surface area (Å²) in [7, 11) is 1.59. The van der Waals surface area contributed by atoms with Gasteiger partial charge in [0.25, 0.3) is 5.56 Å². The molecule has 3 rings (SSSR count). The zero-order valence-corrected chi connectivity index (χ0v) is 14.8. The summed E-state index contributed by atoms with van der Waals surface area (Å²) in [4.78, 5) is 29.8. The lowest BCUT2D eigenvalue weighted by Crippen LogP contribution is -2.39. The number of rotatable bonds is 5. The molecule has 2 aromatic heterocycles. The second kappa shape index (κ2) is 7.11. The van der Waals surface area contributed by atoms with E-state index in [0.29, 0.717) is 28.4 Å². The average Bonchev–Trinajstić information content (AvgIpc) is 2.61. The van der Waals surface area contributed by atoms with Crippen molar-refractivity contribution in [3.63, 3.8) is 0 Å². The Labute approximate surface area is 149 Å². The predicted molar refractivity (Wildman–Crippen MR) is 97.6 cm³/mol. The Bertz CT molecular complexity index is 1040. The van der Waals surface area contributed by atoms with Crippen LogP contribution in [0.2, 0.25) is 5.02 Å². The third-order valence-electron chi connectivity index (χ3n) is 3.88. The quantitative estimate of drug-likeness (QED) is 0.702. The van der Waals surface area contributed by atoms with Crippen molar-refractivity contribution < 1.29 is 4.74 Å². The summed E-state index contributed by atoms with van der Waals surface area (Å²) in [5, 5.41) is 0.858. The van der Waals surface area contributed by atoms with Crippen LogP contribution < -0.4 is 16.0 Å². The molecule has 3 aromatic rings. The fourth-order valence-corrected chi connectivity index (χ4v) is 2.88. The van der Waals surface area contributed by atoms with Crippen LogP contribution in [0.4, 0.5) is 0 Å². The van der Waals surface area contributed by atoms with E-state index in [0.717, 1.165) is 12.0 Å². The summed E-state index contributed by atoms with van der Waals surface area (Å²) in [6.45, 7) is 2.59. The molecule has 2 heterocycles. The van der Waals surface area contributed by atoms with Crippen molar-refractivity contribution >= 4 is 22.6 Å². The largest absolute Gasteiger partial charge is 0.493 e. The van der Waals surface area contributed by atoms with Crippen molar-refractivity contribution in [3.05, 3.63) is 68.0 Å². The van der Waals surface area contributed by atoms with Crippen molar-refractivity contribution in [3.8, 4) is 5.75 Å². The molecule has 0 atom stereocenters. The smallest absolute Gasteiger partial charge is 0.332 e. The molecule has 0 aliphatic carbocycles. The molecule has 7 heteroatoms. The van der Waals surface area contributed by atoms with Gasteiger partial charge in [-0.25, -0.2) is 9.78 Å². The number of benzene rings is 1. The van der Waals surface area contributed by atoms with Gasteiger partial charge < -0.3 is 4.74 Å². The zero-order valence-electron chi connectivity index (χ0n) is 14.0. The zero-order chi connectivity index (χ0) is 18.0. The topological polar surface area (TPSA) is 66.1 Å². The first-order chi connectivity index (χ1) is 12.0. The number of fused-ring (bicyclic) bond motifs is 1. The molecule has 0 fully saturated rings. The van der Waals surface area contributed by atoms with Crippen LogP contribution in [0.25, 0.3) is 11.0 Å². The lowest BCUT2D eigenvalue weighted by atomic mass is 10.2. The lowest BCUT2D eigenvalue weighted by molar-refractivity contribution is 0.320. The molecule has 130 valence electrons. The van der Waals surface area contributed by atoms with E-state index in [1.807, 2.05) is 13.0 Å². The molecule has 0 bridgehead atoms. The molecule has 25 heavy (non-hydrogen) atoms. The van der Waals surface area contributed by atoms with Gasteiger partial charge in [-0.1, -0.05) is 30.7 Å². The van der Waals surface area contributed by atoms with E-state index < -0.39 is 11.2 Å². The second-order valence-electron chi connectivity index (χ2n) is 5.72. The summed E-state index contributed by atoms with van der Waals surface area (Å²) < 4.78 is 8.21. The highest BCUT2D eigenvalue weighted by molar-refractivity contribution is 6.30. The monoisotopic (exact) mass is 359 g/mol. The summed E-state index contributed by atoms with van der Waals surface area (Å²) >= 11 is 6.00. The van der Waals surface area contributed by atoms with Crippen LogP contribution in [-0.4, -0.2) is 20.7 Å². The van der Waals surface area contributed by atoms with Gasteiger partial charge in [-0.2, -0.15) is 0 Å². The number of pyridine rings is 1. The Hall–Kier alpha value is -2.60. The number of hydrogen-bond donors (Lipinski definition) is 0. The molecule has 0 amide bonds. The number of halogens is 1. The van der Waals surface area contributed by atoms with Gasteiger partial charge in [0.05, 0.1) is 13.2 Å². The average molecular weight is 360 g/mol. The van der Waals surface area contributed by atoms with Gasteiger partial charge in [0.15, 0.2) is 5.65 Å². The Morgan fingerprint density at radius 3 is 2.76 bits per heavy atom. The maximum absolute atomic E-state index is 13.0. The highest BCUT2D eigenvalue weighted by Crippen LogP contribution is 2.19. The second-order valence-corrected chi connectivity index (χ2v) is 6.16. The third kappa shape index (κ3) is 3.30. The number of ether oxygens (including phenoxy) is 1. The minimum absolute atomic E-state index is 0.129. The molecule has 0 aliphatic rings. The molecule has 0 saturated carbocycles. The van der Waals surface area contributed by atoms with Crippen molar-refractivity contribution in [1.82, 2.24) is 14.1 Å². The molecular weight excluding hydrogens is 342 g/mol. The normalized spacial score (nSPS) is 11.0. The Morgan fingerprint density at radius 1 is 1.24 bits per heavy atom. The molecule has 0 aliphatic heterocycles. The van der Waals surface area contributed by atoms with Gasteiger partial charge >= 0.3 is 5.69 Å². The molecule has 0 saturated heterocycles. The number of nitrogens with zero attached hydrogens (tertiary/aromatic N) is 3. The fourth-order valence-electron chi connectivity index (χ4n) is 2.67. The Balaban J connectivity index is 2.22. The lowest BCUT2D eigenvalue weighted by Gasteiger charge is -2.13. The predicted octanol–water partition coefficient (Wildman–Crippen LogP) is 2.59. The third-order valence-corrected chi connectivity index (χ3v) is 4.11. The van der Waals surface area contributed by atoms with Crippen molar-refractivity contribution in [2.45, 2.75) is 19.9 Å². The summed E-state index contributed by atoms with van der Waals surface area (Å²) in [6.07, 6.45) is 2.35. The van der Waals surface area contributed by atoms with E-state index >= 15 is 0 Å². The van der Waals surface area contributed by atoms with Gasteiger partial charge in [-0.15, -0.1) is 0 Å². The van der Waals surface area contributed by atoms with Crippen LogP contribution in [0.5, 0.6) is 5.75 Å². The first kappa shape index (κ1) is 17.2. The van der Waals surface area contributed by atoms with Crippen LogP contribution in [-0.2, 0) is 13.6 Å². The summed E-state index contributed by atoms with van der Waals surface area (Å²) in [6, 6.07) is 8.72. The van der Waals surface area contributed by atoms with Crippen LogP contribution in [0.1, 0.15) is 18.9 Å². The van der Waals surface area contributed by atoms with Gasteiger partial charge in [-0.3, -0.25) is 13.9 Å². The van der Waals surface area contributed by atoms with E-state index in [4.69, 9.17) is 16.3 Å². The fraction of sp³-hybridized carbons (Fsp3) is 0.278. The minimum Gasteiger partial charge on any atom is -0.493 e. The molecule has 6 nitrogen and oxygen atoms in total. The van der Waals surface area contributed by atoms with E-state index in [2.05, 4.69) is 4.98 Å². The van der Waals surface area contributed by atoms with E-state index in [1.165, 1.54) is 15.3 Å². The van der Waals surface area contributed by atoms with Crippen molar-refractivity contribution in [1.29, 1.82) is 0 Å². The molecule has 0 spiro atoms. The molecule has 1 aromatic carbocycles. The number of aromatic nitrogens is 3. The highest BCUT2D eigenvalue weighted by atomic mass is 35.5. The van der Waals surface area contributed by atoms with E-state index in [9.17, 15) is 9.59 Å². The standard InChI is InChI=1S/C18H18ClN3O3/c1-3-9-25-14-7-8-20-16-15(14)17(23)22(18(24)21(16)2)11-12-5-4-6-13(19)10-12/h4-8,10H,3,9,11H2,1-2H3. The molecule has 0 unspecified atom stereocenters. The van der Waals surface area contributed by atoms with Crippen LogP contribution in [0.3, 0.4) is 0 Å². The van der Waals surface area contributed by atoms with Crippen LogP contribution in [0, 0.1) is 0 Å². The molecule has 0 radical (unpaired) electrons. The number of hydrogen-bond acceptors (Lipinski definition) is 4. The first-order valence-corrected chi connectivity index (χ1v) is 8.36. The van der Waals surface area contributed by atoms with Gasteiger partial charge in [0.1, 0.15) is 11.1 Å². The summed E-state index contributed by atoms with van der Waals surface area (Å²) in [5.41, 5.74) is 0.229. The Kier molecular flexibility index (Phi) is 4.90. The van der Waals surface area contributed by atoms with Gasteiger partial charge in [0, 0.05) is 18.3 Å². The van der Waals surface area contributed by atoms with Crippen molar-refractivity contribution in [2.24, 2.45) is 7.05 Å². The maximum Gasteiger partial charge on any atom is 0.332 e. The van der Waals surface area contributed by atoms with Crippen LogP contribution in [0.15, 0.2) is 46.1 Å². The highest BCUT2D eigenvalue weighted by Gasteiger charge is 2.16. The molecule has 0 N–H and O–H groups in total. The van der Waals surface area contributed by atoms with Crippen LogP contribution >= 0.6 is 11.6 Å². The van der Waals surface area contributed by atoms with E-state index in [-0.39, 0.29) is 6.54 Å². The van der Waals surface area contributed by atoms with Gasteiger partial charge in [0.2, 0.25) is 0 Å².